The molecule has 0 unspecified atom stereocenters. The van der Waals surface area contributed by atoms with Gasteiger partial charge in [0, 0.05) is 22.4 Å². The lowest BCUT2D eigenvalue weighted by Crippen LogP contribution is -2.32. The Kier molecular flexibility index (Phi) is 5.34. The molecule has 0 saturated carbocycles. The molecular formula is C33H29NO3. The van der Waals surface area contributed by atoms with Gasteiger partial charge in [0.25, 0.3) is 0 Å². The van der Waals surface area contributed by atoms with Gasteiger partial charge in [-0.25, -0.2) is 0 Å². The first kappa shape index (κ1) is 23.0. The van der Waals surface area contributed by atoms with Gasteiger partial charge < -0.3 is 19.9 Å². The molecule has 2 aliphatic heterocycles. The van der Waals surface area contributed by atoms with Crippen molar-refractivity contribution in [2.75, 3.05) is 12.4 Å². The summed E-state index contributed by atoms with van der Waals surface area (Å²) in [5.41, 5.74) is 9.22. The average molecular weight is 488 g/mol. The molecule has 0 aromatic heterocycles. The third kappa shape index (κ3) is 3.95. The van der Waals surface area contributed by atoms with Crippen LogP contribution < -0.4 is 14.8 Å². The molecule has 4 aromatic carbocycles. The monoisotopic (exact) mass is 487 g/mol. The van der Waals surface area contributed by atoms with E-state index < -0.39 is 0 Å². The van der Waals surface area contributed by atoms with Gasteiger partial charge in [-0.1, -0.05) is 60.7 Å². The second-order valence-corrected chi connectivity index (χ2v) is 10.2. The SMILES string of the molecule is COc1c(O)ccc2c1-c1ccc3c(c1/C(=C/c1cccc(-c4ccccc4)c1)O2)C(C)=CC(C)(C)N3. The number of hydrogen-bond donors (Lipinski definition) is 2. The molecule has 0 bridgehead atoms. The quantitative estimate of drug-likeness (QED) is 0.306. The van der Waals surface area contributed by atoms with E-state index in [2.05, 4.69) is 98.9 Å². The van der Waals surface area contributed by atoms with Gasteiger partial charge in [0.05, 0.1) is 18.2 Å². The lowest BCUT2D eigenvalue weighted by Gasteiger charge is -2.35. The van der Waals surface area contributed by atoms with Crippen molar-refractivity contribution in [3.8, 4) is 39.5 Å². The Morgan fingerprint density at radius 1 is 0.865 bits per heavy atom. The lowest BCUT2D eigenvalue weighted by atomic mass is 9.82. The highest BCUT2D eigenvalue weighted by Gasteiger charge is 2.33. The summed E-state index contributed by atoms with van der Waals surface area (Å²) in [4.78, 5) is 0. The molecule has 0 saturated heterocycles. The van der Waals surface area contributed by atoms with Crippen molar-refractivity contribution >= 4 is 23.1 Å². The van der Waals surface area contributed by atoms with E-state index in [0.29, 0.717) is 11.5 Å². The molecule has 2 aliphatic rings. The van der Waals surface area contributed by atoms with E-state index in [-0.39, 0.29) is 11.3 Å². The van der Waals surface area contributed by atoms with Gasteiger partial charge in [-0.2, -0.15) is 0 Å². The molecule has 4 nitrogen and oxygen atoms in total. The predicted molar refractivity (Wildman–Crippen MR) is 152 cm³/mol. The number of phenolic OH excluding ortho intramolecular Hbond substituents is 1. The number of aromatic hydroxyl groups is 1. The number of ether oxygens (including phenoxy) is 2. The fourth-order valence-corrected chi connectivity index (χ4v) is 5.54. The maximum absolute atomic E-state index is 10.6. The number of phenols is 1. The maximum atomic E-state index is 10.6. The standard InChI is InChI=1S/C33H29NO3/c1-20-19-33(2,3)34-25-14-13-24-30(29(20)25)28(37-27-16-15-26(35)32(36-4)31(24)27)18-21-9-8-12-23(17-21)22-10-6-5-7-11-22/h5-19,34-35H,1-4H3/b28-18-. The van der Waals surface area contributed by atoms with Crippen molar-refractivity contribution in [3.05, 3.63) is 102 Å². The summed E-state index contributed by atoms with van der Waals surface area (Å²) in [6.45, 7) is 6.47. The second-order valence-electron chi connectivity index (χ2n) is 10.2. The van der Waals surface area contributed by atoms with Crippen LogP contribution in [0.1, 0.15) is 37.5 Å². The molecule has 0 aliphatic carbocycles. The number of fused-ring (bicyclic) bond motifs is 5. The predicted octanol–water partition coefficient (Wildman–Crippen LogP) is 8.23. The highest BCUT2D eigenvalue weighted by atomic mass is 16.5. The fraction of sp³-hybridized carbons (Fsp3) is 0.152. The Bertz CT molecular complexity index is 1600. The summed E-state index contributed by atoms with van der Waals surface area (Å²) in [5.74, 6) is 1.91. The third-order valence-corrected chi connectivity index (χ3v) is 6.96. The van der Waals surface area contributed by atoms with Crippen LogP contribution in [0.3, 0.4) is 0 Å². The zero-order valence-electron chi connectivity index (χ0n) is 21.4. The molecule has 2 N–H and O–H groups in total. The first-order valence-electron chi connectivity index (χ1n) is 12.5. The summed E-state index contributed by atoms with van der Waals surface area (Å²) in [6.07, 6.45) is 4.35. The molecule has 6 rings (SSSR count). The minimum atomic E-state index is -0.164. The topological polar surface area (TPSA) is 50.7 Å². The number of benzene rings is 4. The third-order valence-electron chi connectivity index (χ3n) is 6.96. The highest BCUT2D eigenvalue weighted by Crippen LogP contribution is 2.54. The molecule has 184 valence electrons. The first-order valence-corrected chi connectivity index (χ1v) is 12.5. The largest absolute Gasteiger partial charge is 0.504 e. The second kappa shape index (κ2) is 8.59. The normalized spacial score (nSPS) is 16.0. The molecule has 0 spiro atoms. The van der Waals surface area contributed by atoms with Crippen LogP contribution in [0.15, 0.2) is 84.9 Å². The molecule has 4 heteroatoms. The Labute approximate surface area is 217 Å². The number of methoxy groups -OCH3 is 1. The smallest absolute Gasteiger partial charge is 0.172 e. The van der Waals surface area contributed by atoms with Crippen molar-refractivity contribution in [1.29, 1.82) is 0 Å². The van der Waals surface area contributed by atoms with Crippen LogP contribution in [0.5, 0.6) is 17.2 Å². The van der Waals surface area contributed by atoms with Crippen LogP contribution in [0.25, 0.3) is 39.7 Å². The van der Waals surface area contributed by atoms with E-state index >= 15 is 0 Å². The van der Waals surface area contributed by atoms with Gasteiger partial charge in [-0.15, -0.1) is 0 Å². The summed E-state index contributed by atoms with van der Waals surface area (Å²) < 4.78 is 12.2. The van der Waals surface area contributed by atoms with Crippen molar-refractivity contribution in [3.63, 3.8) is 0 Å². The number of rotatable bonds is 3. The summed E-state index contributed by atoms with van der Waals surface area (Å²) in [6, 6.07) is 26.4. The fourth-order valence-electron chi connectivity index (χ4n) is 5.54. The van der Waals surface area contributed by atoms with Crippen molar-refractivity contribution in [2.24, 2.45) is 0 Å². The van der Waals surface area contributed by atoms with Crippen molar-refractivity contribution < 1.29 is 14.6 Å². The summed E-state index contributed by atoms with van der Waals surface area (Å²) in [7, 11) is 1.57. The molecule has 2 heterocycles. The Morgan fingerprint density at radius 2 is 1.65 bits per heavy atom. The van der Waals surface area contributed by atoms with E-state index in [1.807, 2.05) is 6.07 Å². The summed E-state index contributed by atoms with van der Waals surface area (Å²) in [5, 5.41) is 14.2. The van der Waals surface area contributed by atoms with E-state index in [9.17, 15) is 5.11 Å². The summed E-state index contributed by atoms with van der Waals surface area (Å²) >= 11 is 0. The van der Waals surface area contributed by atoms with Gasteiger partial charge in [0.15, 0.2) is 11.5 Å². The maximum Gasteiger partial charge on any atom is 0.172 e. The minimum absolute atomic E-state index is 0.0861. The van der Waals surface area contributed by atoms with Gasteiger partial charge >= 0.3 is 0 Å². The number of hydrogen-bond acceptors (Lipinski definition) is 4. The van der Waals surface area contributed by atoms with E-state index in [1.54, 1.807) is 19.2 Å². The lowest BCUT2D eigenvalue weighted by molar-refractivity contribution is 0.371. The van der Waals surface area contributed by atoms with Crippen LogP contribution in [0.2, 0.25) is 0 Å². The Balaban J connectivity index is 1.59. The number of allylic oxidation sites excluding steroid dienone is 1. The van der Waals surface area contributed by atoms with E-state index in [0.717, 1.165) is 44.8 Å². The van der Waals surface area contributed by atoms with E-state index in [4.69, 9.17) is 9.47 Å². The molecule has 0 amide bonds. The molecule has 0 atom stereocenters. The van der Waals surface area contributed by atoms with Gasteiger partial charge in [-0.05, 0) is 73.4 Å². The molecule has 0 radical (unpaired) electrons. The molecular weight excluding hydrogens is 458 g/mol. The zero-order valence-corrected chi connectivity index (χ0v) is 21.4. The highest BCUT2D eigenvalue weighted by molar-refractivity contribution is 6.02. The van der Waals surface area contributed by atoms with Crippen molar-refractivity contribution in [2.45, 2.75) is 26.3 Å². The number of anilines is 1. The van der Waals surface area contributed by atoms with Crippen LogP contribution >= 0.6 is 0 Å². The Morgan fingerprint density at radius 3 is 2.43 bits per heavy atom. The van der Waals surface area contributed by atoms with Crippen molar-refractivity contribution in [1.82, 2.24) is 0 Å². The van der Waals surface area contributed by atoms with Crippen LogP contribution in [-0.2, 0) is 0 Å². The van der Waals surface area contributed by atoms with Crippen LogP contribution in [0, 0.1) is 0 Å². The van der Waals surface area contributed by atoms with Gasteiger partial charge in [0.2, 0.25) is 0 Å². The molecule has 37 heavy (non-hydrogen) atoms. The Hall–Kier alpha value is -4.44. The zero-order chi connectivity index (χ0) is 25.7. The molecule has 4 aromatic rings. The van der Waals surface area contributed by atoms with Gasteiger partial charge in [-0.3, -0.25) is 0 Å². The average Bonchev–Trinajstić information content (AvgIpc) is 2.88. The van der Waals surface area contributed by atoms with E-state index in [1.165, 1.54) is 11.1 Å². The first-order chi connectivity index (χ1) is 17.8. The van der Waals surface area contributed by atoms with Crippen LogP contribution in [0.4, 0.5) is 5.69 Å². The molecule has 0 fully saturated rings. The minimum Gasteiger partial charge on any atom is -0.504 e. The van der Waals surface area contributed by atoms with Crippen LogP contribution in [-0.4, -0.2) is 17.8 Å². The van der Waals surface area contributed by atoms with Gasteiger partial charge in [0.1, 0.15) is 11.5 Å². The number of nitrogens with one attached hydrogen (secondary N) is 1.